The largest absolute Gasteiger partial charge is 0.343 e. The maximum Gasteiger partial charge on any atom is 0.175 e. The highest BCUT2D eigenvalue weighted by Crippen LogP contribution is 2.26. The van der Waals surface area contributed by atoms with Crippen LogP contribution in [0.5, 0.6) is 0 Å². The summed E-state index contributed by atoms with van der Waals surface area (Å²) in [6.07, 6.45) is 11.4. The van der Waals surface area contributed by atoms with E-state index in [0.29, 0.717) is 11.3 Å². The molecular formula is C22H22N4O2S. The van der Waals surface area contributed by atoms with E-state index >= 15 is 0 Å². The molecule has 1 aliphatic carbocycles. The molecule has 1 aliphatic rings. The first-order valence-electron chi connectivity index (χ1n) is 9.43. The summed E-state index contributed by atoms with van der Waals surface area (Å²) >= 11 is 0. The maximum absolute atomic E-state index is 11.8. The van der Waals surface area contributed by atoms with E-state index in [0.717, 1.165) is 40.4 Å². The van der Waals surface area contributed by atoms with Crippen molar-refractivity contribution in [2.75, 3.05) is 11.6 Å². The van der Waals surface area contributed by atoms with E-state index < -0.39 is 9.84 Å². The summed E-state index contributed by atoms with van der Waals surface area (Å²) in [6.45, 7) is 2.08. The molecule has 0 unspecified atom stereocenters. The number of sulfone groups is 1. The average molecular weight is 407 g/mol. The molecule has 6 nitrogen and oxygen atoms in total. The topological polar surface area (TPSA) is 76.4 Å². The predicted octanol–water partition coefficient (Wildman–Crippen LogP) is 4.14. The van der Waals surface area contributed by atoms with Gasteiger partial charge < -0.3 is 5.32 Å². The molecule has 0 radical (unpaired) electrons. The fourth-order valence-corrected chi connectivity index (χ4v) is 3.87. The van der Waals surface area contributed by atoms with Crippen molar-refractivity contribution in [1.29, 1.82) is 0 Å². The maximum atomic E-state index is 11.8. The van der Waals surface area contributed by atoms with Gasteiger partial charge in [-0.15, -0.1) is 0 Å². The van der Waals surface area contributed by atoms with Gasteiger partial charge >= 0.3 is 0 Å². The normalized spacial score (nSPS) is 14.4. The minimum Gasteiger partial charge on any atom is -0.343 e. The highest BCUT2D eigenvalue weighted by molar-refractivity contribution is 7.94. The van der Waals surface area contributed by atoms with Crippen LogP contribution in [0, 0.1) is 0 Å². The van der Waals surface area contributed by atoms with Crippen LogP contribution in [0.4, 0.5) is 5.82 Å². The molecule has 0 aliphatic heterocycles. The Morgan fingerprint density at radius 1 is 1.17 bits per heavy atom. The van der Waals surface area contributed by atoms with E-state index in [1.807, 2.05) is 48.7 Å². The molecule has 3 aromatic rings. The summed E-state index contributed by atoms with van der Waals surface area (Å²) in [4.78, 5) is 5.13. The molecule has 1 aromatic carbocycles. The first kappa shape index (κ1) is 19.1. The van der Waals surface area contributed by atoms with E-state index in [-0.39, 0.29) is 0 Å². The Balaban J connectivity index is 1.79. The third-order valence-corrected chi connectivity index (χ3v) is 5.91. The van der Waals surface area contributed by atoms with Crippen molar-refractivity contribution >= 4 is 21.3 Å². The monoisotopic (exact) mass is 406 g/mol. The lowest BCUT2D eigenvalue weighted by atomic mass is 10.1. The number of rotatable bonds is 5. The third kappa shape index (κ3) is 4.00. The Morgan fingerprint density at radius 3 is 2.69 bits per heavy atom. The lowest BCUT2D eigenvalue weighted by Crippen LogP contribution is -2.06. The number of hydrogen-bond donors (Lipinski definition) is 1. The van der Waals surface area contributed by atoms with Crippen LogP contribution >= 0.6 is 0 Å². The van der Waals surface area contributed by atoms with Gasteiger partial charge in [0.25, 0.3) is 0 Å². The number of fused-ring (bicyclic) bond motifs is 1. The molecule has 148 valence electrons. The van der Waals surface area contributed by atoms with Gasteiger partial charge in [0, 0.05) is 35.6 Å². The van der Waals surface area contributed by atoms with Crippen molar-refractivity contribution < 1.29 is 8.42 Å². The Kier molecular flexibility index (Phi) is 5.07. The van der Waals surface area contributed by atoms with Crippen LogP contribution in [0.25, 0.3) is 16.9 Å². The average Bonchev–Trinajstić information content (AvgIpc) is 2.98. The molecule has 0 spiro atoms. The van der Waals surface area contributed by atoms with Gasteiger partial charge in [0.1, 0.15) is 5.82 Å². The lowest BCUT2D eigenvalue weighted by molar-refractivity contribution is 0.608. The van der Waals surface area contributed by atoms with Gasteiger partial charge in [-0.05, 0) is 24.6 Å². The van der Waals surface area contributed by atoms with Crippen LogP contribution in [0.1, 0.15) is 18.9 Å². The van der Waals surface area contributed by atoms with Gasteiger partial charge in [-0.25, -0.2) is 13.4 Å². The van der Waals surface area contributed by atoms with Crippen molar-refractivity contribution in [1.82, 2.24) is 14.6 Å². The number of hydrogen-bond acceptors (Lipinski definition) is 5. The molecule has 0 fully saturated rings. The second-order valence-electron chi connectivity index (χ2n) is 6.92. The Bertz CT molecular complexity index is 1250. The van der Waals surface area contributed by atoms with Crippen LogP contribution < -0.4 is 5.32 Å². The number of nitrogens with one attached hydrogen (secondary N) is 1. The SMILES string of the molecule is CCc1cnn2c(NC3=CC=C(S(C)(=O)=O)C=CC3)cc(-c3ccccc3)nc12. The molecule has 0 bridgehead atoms. The number of nitrogens with zero attached hydrogens (tertiary/aromatic N) is 3. The molecular weight excluding hydrogens is 384 g/mol. The molecule has 7 heteroatoms. The highest BCUT2D eigenvalue weighted by atomic mass is 32.2. The zero-order valence-electron chi connectivity index (χ0n) is 16.3. The second-order valence-corrected chi connectivity index (χ2v) is 8.93. The zero-order chi connectivity index (χ0) is 20.4. The van der Waals surface area contributed by atoms with E-state index in [9.17, 15) is 8.42 Å². The number of anilines is 1. The molecule has 2 heterocycles. The molecule has 29 heavy (non-hydrogen) atoms. The van der Waals surface area contributed by atoms with Crippen LogP contribution in [0.15, 0.2) is 77.5 Å². The summed E-state index contributed by atoms with van der Waals surface area (Å²) in [6, 6.07) is 12.0. The van der Waals surface area contributed by atoms with Crippen molar-refractivity contribution in [3.05, 3.63) is 83.1 Å². The van der Waals surface area contributed by atoms with Crippen molar-refractivity contribution in [2.45, 2.75) is 19.8 Å². The summed E-state index contributed by atoms with van der Waals surface area (Å²) in [5.41, 5.74) is 4.64. The van der Waals surface area contributed by atoms with Crippen molar-refractivity contribution in [3.63, 3.8) is 0 Å². The van der Waals surface area contributed by atoms with Crippen LogP contribution in [-0.2, 0) is 16.3 Å². The fourth-order valence-electron chi connectivity index (χ4n) is 3.22. The van der Waals surface area contributed by atoms with E-state index in [2.05, 4.69) is 17.3 Å². The van der Waals surface area contributed by atoms with Gasteiger partial charge in [-0.3, -0.25) is 0 Å². The van der Waals surface area contributed by atoms with Gasteiger partial charge in [0.2, 0.25) is 0 Å². The Morgan fingerprint density at radius 2 is 1.97 bits per heavy atom. The molecule has 0 saturated carbocycles. The first-order chi connectivity index (χ1) is 14.0. The summed E-state index contributed by atoms with van der Waals surface area (Å²) in [7, 11) is -3.25. The quantitative estimate of drug-likeness (QED) is 0.689. The van der Waals surface area contributed by atoms with Crippen molar-refractivity contribution in [3.8, 4) is 11.3 Å². The fraction of sp³-hybridized carbons (Fsp3) is 0.182. The molecule has 0 atom stereocenters. The molecule has 4 rings (SSSR count). The standard InChI is InChI=1S/C22H22N4O2S/c1-3-16-15-23-26-21(14-20(25-22(16)26)17-8-5-4-6-9-17)24-18-10-7-11-19(13-12-18)29(2,27)28/h4-9,11-15,24H,3,10H2,1-2H3. The smallest absolute Gasteiger partial charge is 0.175 e. The number of benzene rings is 1. The second kappa shape index (κ2) is 7.67. The van der Waals surface area contributed by atoms with E-state index in [1.54, 1.807) is 22.7 Å². The van der Waals surface area contributed by atoms with Crippen LogP contribution in [0.3, 0.4) is 0 Å². The summed E-state index contributed by atoms with van der Waals surface area (Å²) in [5, 5.41) is 7.92. The van der Waals surface area contributed by atoms with Gasteiger partial charge in [0.05, 0.1) is 16.8 Å². The third-order valence-electron chi connectivity index (χ3n) is 4.78. The number of allylic oxidation sites excluding steroid dienone is 4. The minimum atomic E-state index is -3.25. The minimum absolute atomic E-state index is 0.298. The van der Waals surface area contributed by atoms with Gasteiger partial charge in [-0.1, -0.05) is 43.3 Å². The Hall–Kier alpha value is -3.19. The van der Waals surface area contributed by atoms with Gasteiger partial charge in [0.15, 0.2) is 15.5 Å². The molecule has 0 saturated heterocycles. The summed E-state index contributed by atoms with van der Waals surface area (Å²) < 4.78 is 25.4. The number of aromatic nitrogens is 3. The zero-order valence-corrected chi connectivity index (χ0v) is 17.1. The molecule has 1 N–H and O–H groups in total. The number of aryl methyl sites for hydroxylation is 1. The summed E-state index contributed by atoms with van der Waals surface area (Å²) in [5.74, 6) is 0.782. The van der Waals surface area contributed by atoms with Crippen molar-refractivity contribution in [2.24, 2.45) is 0 Å². The highest BCUT2D eigenvalue weighted by Gasteiger charge is 2.14. The first-order valence-corrected chi connectivity index (χ1v) is 11.3. The van der Waals surface area contributed by atoms with E-state index in [4.69, 9.17) is 4.98 Å². The molecule has 2 aromatic heterocycles. The van der Waals surface area contributed by atoms with Crippen LogP contribution in [0.2, 0.25) is 0 Å². The molecule has 0 amide bonds. The Labute approximate surface area is 170 Å². The van der Waals surface area contributed by atoms with Gasteiger partial charge in [-0.2, -0.15) is 9.61 Å². The lowest BCUT2D eigenvalue weighted by Gasteiger charge is -2.12. The van der Waals surface area contributed by atoms with Crippen LogP contribution in [-0.4, -0.2) is 29.3 Å². The predicted molar refractivity (Wildman–Crippen MR) is 116 cm³/mol. The van der Waals surface area contributed by atoms with E-state index in [1.165, 1.54) is 6.26 Å².